The van der Waals surface area contributed by atoms with Gasteiger partial charge in [0.1, 0.15) is 18.1 Å². The Morgan fingerprint density at radius 2 is 1.71 bits per heavy atom. The fourth-order valence-electron chi connectivity index (χ4n) is 3.91. The maximum atomic E-state index is 13.0. The minimum atomic E-state index is -0.0352. The molecule has 4 rings (SSSR count). The summed E-state index contributed by atoms with van der Waals surface area (Å²) in [5.41, 5.74) is 2.66. The summed E-state index contributed by atoms with van der Waals surface area (Å²) in [7, 11) is 1.60. The zero-order chi connectivity index (χ0) is 21.6. The molecule has 0 bridgehead atoms. The lowest BCUT2D eigenvalue weighted by atomic mass is 10.0. The van der Waals surface area contributed by atoms with Crippen LogP contribution in [0.25, 0.3) is 0 Å². The van der Waals surface area contributed by atoms with Crippen LogP contribution in [0.1, 0.15) is 27.9 Å². The monoisotopic (exact) mass is 424 g/mol. The number of carbonyl (C=O) groups is 2. The number of ether oxygens (including phenoxy) is 3. The number of carbonyl (C=O) groups excluding carboxylic acids is 2. The van der Waals surface area contributed by atoms with E-state index in [4.69, 9.17) is 14.2 Å². The molecule has 2 aromatic carbocycles. The number of rotatable bonds is 5. The average molecular weight is 424 g/mol. The van der Waals surface area contributed by atoms with Crippen LogP contribution >= 0.6 is 0 Å². The van der Waals surface area contributed by atoms with Crippen molar-refractivity contribution in [2.75, 3.05) is 46.6 Å². The molecule has 1 saturated heterocycles. The van der Waals surface area contributed by atoms with Crippen LogP contribution in [0.4, 0.5) is 0 Å². The molecule has 2 amide bonds. The number of methoxy groups -OCH3 is 1. The average Bonchev–Trinajstić information content (AvgIpc) is 3.04. The quantitative estimate of drug-likeness (QED) is 0.738. The predicted molar refractivity (Wildman–Crippen MR) is 115 cm³/mol. The number of benzene rings is 2. The van der Waals surface area contributed by atoms with Crippen molar-refractivity contribution in [1.29, 1.82) is 0 Å². The number of aryl methyl sites for hydroxylation is 1. The van der Waals surface area contributed by atoms with Crippen molar-refractivity contribution < 1.29 is 23.8 Å². The number of nitrogens with zero attached hydrogens (tertiary/aromatic N) is 2. The molecule has 0 saturated carbocycles. The summed E-state index contributed by atoms with van der Waals surface area (Å²) in [6, 6.07) is 13.2. The Morgan fingerprint density at radius 1 is 0.968 bits per heavy atom. The van der Waals surface area contributed by atoms with Gasteiger partial charge in [0.05, 0.1) is 26.9 Å². The summed E-state index contributed by atoms with van der Waals surface area (Å²) in [4.78, 5) is 29.1. The van der Waals surface area contributed by atoms with E-state index < -0.39 is 0 Å². The third-order valence-corrected chi connectivity index (χ3v) is 5.72. The maximum Gasteiger partial charge on any atom is 0.254 e. The van der Waals surface area contributed by atoms with Gasteiger partial charge >= 0.3 is 0 Å². The minimum absolute atomic E-state index is 0.0352. The van der Waals surface area contributed by atoms with Crippen molar-refractivity contribution >= 4 is 11.8 Å². The van der Waals surface area contributed by atoms with Gasteiger partial charge in [0.25, 0.3) is 5.91 Å². The largest absolute Gasteiger partial charge is 0.497 e. The van der Waals surface area contributed by atoms with Crippen LogP contribution < -0.4 is 9.47 Å². The lowest BCUT2D eigenvalue weighted by Crippen LogP contribution is -2.40. The second-order valence-electron chi connectivity index (χ2n) is 7.74. The molecule has 1 fully saturated rings. The third-order valence-electron chi connectivity index (χ3n) is 5.72. The molecule has 7 nitrogen and oxygen atoms in total. The number of fused-ring (bicyclic) bond motifs is 1. The van der Waals surface area contributed by atoms with E-state index in [2.05, 4.69) is 6.07 Å². The lowest BCUT2D eigenvalue weighted by molar-refractivity contribution is -0.135. The van der Waals surface area contributed by atoms with Crippen molar-refractivity contribution in [1.82, 2.24) is 9.80 Å². The Labute approximate surface area is 182 Å². The molecule has 2 heterocycles. The van der Waals surface area contributed by atoms with E-state index >= 15 is 0 Å². The molecule has 0 atom stereocenters. The summed E-state index contributed by atoms with van der Waals surface area (Å²) >= 11 is 0. The van der Waals surface area contributed by atoms with Crippen LogP contribution in [0.2, 0.25) is 0 Å². The van der Waals surface area contributed by atoms with Crippen LogP contribution in [0.15, 0.2) is 42.5 Å². The number of amides is 2. The van der Waals surface area contributed by atoms with E-state index in [9.17, 15) is 9.59 Å². The highest BCUT2D eigenvalue weighted by molar-refractivity contribution is 5.94. The molecule has 0 N–H and O–H groups in total. The molecule has 0 unspecified atom stereocenters. The zero-order valence-electron chi connectivity index (χ0n) is 17.8. The first-order valence-electron chi connectivity index (χ1n) is 10.7. The molecule has 31 heavy (non-hydrogen) atoms. The minimum Gasteiger partial charge on any atom is -0.497 e. The van der Waals surface area contributed by atoms with Crippen molar-refractivity contribution in [3.63, 3.8) is 0 Å². The first kappa shape index (κ1) is 21.2. The van der Waals surface area contributed by atoms with Gasteiger partial charge in [0, 0.05) is 37.2 Å². The molecule has 2 aromatic rings. The number of morpholine rings is 1. The van der Waals surface area contributed by atoms with Gasteiger partial charge in [0.2, 0.25) is 5.91 Å². The highest BCUT2D eigenvalue weighted by Gasteiger charge is 2.22. The Kier molecular flexibility index (Phi) is 6.72. The van der Waals surface area contributed by atoms with Gasteiger partial charge in [0.15, 0.2) is 0 Å². The standard InChI is InChI=1S/C24H28N2O5/c1-29-21-6-4-19(5-7-21)24(28)26-12-15-31-22-8-2-18(16-20(22)17-26)3-9-23(27)25-10-13-30-14-11-25/h2,4-8,16H,3,9-15,17H2,1H3. The summed E-state index contributed by atoms with van der Waals surface area (Å²) in [5, 5.41) is 0. The number of hydrogen-bond acceptors (Lipinski definition) is 5. The van der Waals surface area contributed by atoms with E-state index in [0.717, 1.165) is 22.6 Å². The molecule has 164 valence electrons. The molecule has 2 aliphatic heterocycles. The Balaban J connectivity index is 1.42. The van der Waals surface area contributed by atoms with Gasteiger partial charge in [-0.25, -0.2) is 0 Å². The van der Waals surface area contributed by atoms with Gasteiger partial charge < -0.3 is 24.0 Å². The van der Waals surface area contributed by atoms with Gasteiger partial charge in [-0.15, -0.1) is 0 Å². The topological polar surface area (TPSA) is 68.3 Å². The van der Waals surface area contributed by atoms with Crippen LogP contribution in [0, 0.1) is 0 Å². The van der Waals surface area contributed by atoms with Crippen LogP contribution in [-0.4, -0.2) is 68.2 Å². The van der Waals surface area contributed by atoms with Crippen molar-refractivity contribution in [2.45, 2.75) is 19.4 Å². The number of hydrogen-bond donors (Lipinski definition) is 0. The summed E-state index contributed by atoms with van der Waals surface area (Å²) in [5.74, 6) is 1.64. The van der Waals surface area contributed by atoms with Crippen molar-refractivity contribution in [2.24, 2.45) is 0 Å². The van der Waals surface area contributed by atoms with Crippen molar-refractivity contribution in [3.05, 3.63) is 59.2 Å². The normalized spacial score (nSPS) is 16.2. The lowest BCUT2D eigenvalue weighted by Gasteiger charge is -2.26. The Bertz CT molecular complexity index is 922. The van der Waals surface area contributed by atoms with Gasteiger partial charge in [-0.1, -0.05) is 12.1 Å². The van der Waals surface area contributed by atoms with Gasteiger partial charge in [-0.2, -0.15) is 0 Å². The van der Waals surface area contributed by atoms with E-state index in [0.29, 0.717) is 64.4 Å². The second-order valence-corrected chi connectivity index (χ2v) is 7.74. The molecular formula is C24H28N2O5. The second kappa shape index (κ2) is 9.83. The zero-order valence-corrected chi connectivity index (χ0v) is 17.8. The molecule has 0 spiro atoms. The Hall–Kier alpha value is -3.06. The fraction of sp³-hybridized carbons (Fsp3) is 0.417. The predicted octanol–water partition coefficient (Wildman–Crippen LogP) is 2.52. The van der Waals surface area contributed by atoms with E-state index in [1.165, 1.54) is 0 Å². The third kappa shape index (κ3) is 5.17. The SMILES string of the molecule is COc1ccc(C(=O)N2CCOc3ccc(CCC(=O)N4CCOCC4)cc3C2)cc1. The van der Waals surface area contributed by atoms with E-state index in [1.807, 2.05) is 17.0 Å². The van der Waals surface area contributed by atoms with Crippen LogP contribution in [0.5, 0.6) is 11.5 Å². The molecule has 0 aromatic heterocycles. The van der Waals surface area contributed by atoms with Crippen molar-refractivity contribution in [3.8, 4) is 11.5 Å². The molecule has 0 aliphatic carbocycles. The summed E-state index contributed by atoms with van der Waals surface area (Å²) in [6.45, 7) is 4.00. The molecular weight excluding hydrogens is 396 g/mol. The van der Waals surface area contributed by atoms with Gasteiger partial charge in [-0.05, 0) is 42.3 Å². The van der Waals surface area contributed by atoms with E-state index in [1.54, 1.807) is 36.3 Å². The van der Waals surface area contributed by atoms with E-state index in [-0.39, 0.29) is 11.8 Å². The first-order chi connectivity index (χ1) is 15.1. The Morgan fingerprint density at radius 3 is 2.45 bits per heavy atom. The molecule has 2 aliphatic rings. The highest BCUT2D eigenvalue weighted by Crippen LogP contribution is 2.26. The van der Waals surface area contributed by atoms with Crippen LogP contribution in [0.3, 0.4) is 0 Å². The summed E-state index contributed by atoms with van der Waals surface area (Å²) < 4.78 is 16.4. The smallest absolute Gasteiger partial charge is 0.254 e. The highest BCUT2D eigenvalue weighted by atomic mass is 16.5. The molecule has 7 heteroatoms. The fourth-order valence-corrected chi connectivity index (χ4v) is 3.91. The maximum absolute atomic E-state index is 13.0. The first-order valence-corrected chi connectivity index (χ1v) is 10.7. The van der Waals surface area contributed by atoms with Gasteiger partial charge in [-0.3, -0.25) is 9.59 Å². The molecule has 0 radical (unpaired) electrons. The van der Waals surface area contributed by atoms with Crippen LogP contribution in [-0.2, 0) is 22.5 Å². The summed E-state index contributed by atoms with van der Waals surface area (Å²) in [6.07, 6.45) is 1.13.